The number of aryl methyl sites for hydroxylation is 2. The van der Waals surface area contributed by atoms with Crippen LogP contribution in [0.25, 0.3) is 16.9 Å². The van der Waals surface area contributed by atoms with Gasteiger partial charge >= 0.3 is 0 Å². The fourth-order valence-corrected chi connectivity index (χ4v) is 2.93. The first-order chi connectivity index (χ1) is 9.49. The van der Waals surface area contributed by atoms with Gasteiger partial charge in [0.1, 0.15) is 17.2 Å². The summed E-state index contributed by atoms with van der Waals surface area (Å²) in [6.45, 7) is 4.08. The van der Waals surface area contributed by atoms with Gasteiger partial charge in [-0.05, 0) is 53.5 Å². The van der Waals surface area contributed by atoms with Crippen LogP contribution >= 0.6 is 31.9 Å². The molecule has 2 N–H and O–H groups in total. The molecule has 2 aromatic heterocycles. The summed E-state index contributed by atoms with van der Waals surface area (Å²) in [4.78, 5) is 4.65. The fraction of sp³-hybridized carbons (Fsp3) is 0.133. The number of benzene rings is 1. The van der Waals surface area contributed by atoms with Gasteiger partial charge in [-0.2, -0.15) is 0 Å². The van der Waals surface area contributed by atoms with E-state index in [0.29, 0.717) is 5.82 Å². The molecule has 5 heteroatoms. The first-order valence-electron chi connectivity index (χ1n) is 6.18. The number of nitrogens with zero attached hydrogens (tertiary/aromatic N) is 2. The largest absolute Gasteiger partial charge is 0.383 e. The Kier molecular flexibility index (Phi) is 3.34. The molecule has 102 valence electrons. The van der Waals surface area contributed by atoms with Crippen LogP contribution in [0, 0.1) is 13.8 Å². The van der Waals surface area contributed by atoms with Gasteiger partial charge in [0.15, 0.2) is 0 Å². The maximum Gasteiger partial charge on any atom is 0.139 e. The van der Waals surface area contributed by atoms with Gasteiger partial charge in [-0.1, -0.05) is 28.1 Å². The number of pyridine rings is 1. The predicted molar refractivity (Wildman–Crippen MR) is 89.9 cm³/mol. The summed E-state index contributed by atoms with van der Waals surface area (Å²) in [7, 11) is 0. The van der Waals surface area contributed by atoms with E-state index in [1.165, 1.54) is 5.56 Å². The van der Waals surface area contributed by atoms with E-state index < -0.39 is 0 Å². The number of hydrogen-bond acceptors (Lipinski definition) is 2. The quantitative estimate of drug-likeness (QED) is 0.648. The normalized spacial score (nSPS) is 11.2. The molecule has 20 heavy (non-hydrogen) atoms. The van der Waals surface area contributed by atoms with Crippen molar-refractivity contribution in [1.82, 2.24) is 9.38 Å². The number of anilines is 1. The van der Waals surface area contributed by atoms with Crippen LogP contribution in [0.15, 0.2) is 39.3 Å². The van der Waals surface area contributed by atoms with E-state index in [1.807, 2.05) is 29.5 Å². The molecule has 0 unspecified atom stereocenters. The maximum absolute atomic E-state index is 6.29. The molecule has 0 aliphatic heterocycles. The van der Waals surface area contributed by atoms with Gasteiger partial charge in [0.25, 0.3) is 0 Å². The average Bonchev–Trinajstić information content (AvgIpc) is 2.75. The standard InChI is InChI=1S/C15H13Br2N3/c1-8-3-4-10(7-12(8)17)14-15(18)20-9(2)11(16)5-6-13(20)19-14/h3-7H,18H2,1-2H3. The van der Waals surface area contributed by atoms with E-state index in [0.717, 1.165) is 31.5 Å². The Balaban J connectivity index is 2.29. The average molecular weight is 395 g/mol. The monoisotopic (exact) mass is 393 g/mol. The van der Waals surface area contributed by atoms with Crippen LogP contribution < -0.4 is 5.73 Å². The second-order valence-electron chi connectivity index (χ2n) is 4.77. The number of imidazole rings is 1. The molecule has 0 atom stereocenters. The molecular formula is C15H13Br2N3. The smallest absolute Gasteiger partial charge is 0.139 e. The highest BCUT2D eigenvalue weighted by Gasteiger charge is 2.14. The van der Waals surface area contributed by atoms with Gasteiger partial charge in [-0.15, -0.1) is 0 Å². The number of rotatable bonds is 1. The van der Waals surface area contributed by atoms with Crippen molar-refractivity contribution < 1.29 is 0 Å². The van der Waals surface area contributed by atoms with E-state index in [9.17, 15) is 0 Å². The molecule has 0 bridgehead atoms. The minimum atomic E-state index is 0.662. The van der Waals surface area contributed by atoms with E-state index >= 15 is 0 Å². The van der Waals surface area contributed by atoms with E-state index in [2.05, 4.69) is 55.9 Å². The Bertz CT molecular complexity index is 822. The van der Waals surface area contributed by atoms with Crippen LogP contribution in [0.2, 0.25) is 0 Å². The third kappa shape index (κ3) is 2.05. The summed E-state index contributed by atoms with van der Waals surface area (Å²) in [5.41, 5.74) is 11.2. The van der Waals surface area contributed by atoms with Crippen LogP contribution in [-0.4, -0.2) is 9.38 Å². The Morgan fingerprint density at radius 2 is 1.80 bits per heavy atom. The molecule has 0 radical (unpaired) electrons. The third-order valence-electron chi connectivity index (χ3n) is 3.44. The first kappa shape index (κ1) is 13.6. The Morgan fingerprint density at radius 3 is 2.50 bits per heavy atom. The van der Waals surface area contributed by atoms with Crippen molar-refractivity contribution in [1.29, 1.82) is 0 Å². The van der Waals surface area contributed by atoms with Crippen LogP contribution in [0.3, 0.4) is 0 Å². The Labute approximate surface area is 134 Å². The van der Waals surface area contributed by atoms with Crippen LogP contribution in [0.1, 0.15) is 11.3 Å². The molecule has 0 fully saturated rings. The van der Waals surface area contributed by atoms with Crippen molar-refractivity contribution >= 4 is 43.3 Å². The molecule has 3 nitrogen and oxygen atoms in total. The topological polar surface area (TPSA) is 43.3 Å². The maximum atomic E-state index is 6.29. The number of fused-ring (bicyclic) bond motifs is 1. The van der Waals surface area contributed by atoms with Gasteiger partial charge in [0, 0.05) is 20.2 Å². The van der Waals surface area contributed by atoms with Gasteiger partial charge in [0.05, 0.1) is 0 Å². The highest BCUT2D eigenvalue weighted by molar-refractivity contribution is 9.10. The molecule has 0 amide bonds. The minimum Gasteiger partial charge on any atom is -0.383 e. The van der Waals surface area contributed by atoms with E-state index in [1.54, 1.807) is 0 Å². The van der Waals surface area contributed by atoms with Crippen LogP contribution in [0.4, 0.5) is 5.82 Å². The molecule has 0 aliphatic carbocycles. The second-order valence-corrected chi connectivity index (χ2v) is 6.48. The van der Waals surface area contributed by atoms with E-state index in [-0.39, 0.29) is 0 Å². The highest BCUT2D eigenvalue weighted by atomic mass is 79.9. The van der Waals surface area contributed by atoms with Gasteiger partial charge < -0.3 is 5.73 Å². The number of aromatic nitrogens is 2. The lowest BCUT2D eigenvalue weighted by atomic mass is 10.1. The van der Waals surface area contributed by atoms with Gasteiger partial charge in [-0.25, -0.2) is 4.98 Å². The molecular weight excluding hydrogens is 382 g/mol. The first-order valence-corrected chi connectivity index (χ1v) is 7.77. The molecule has 0 aliphatic rings. The SMILES string of the molecule is Cc1ccc(-c2nc3ccc(Br)c(C)n3c2N)cc1Br. The summed E-state index contributed by atoms with van der Waals surface area (Å²) in [5.74, 6) is 0.662. The van der Waals surface area contributed by atoms with Crippen molar-refractivity contribution in [2.24, 2.45) is 0 Å². The molecule has 3 aromatic rings. The Hall–Kier alpha value is -1.33. The summed E-state index contributed by atoms with van der Waals surface area (Å²) in [6.07, 6.45) is 0. The van der Waals surface area contributed by atoms with Crippen molar-refractivity contribution in [2.75, 3.05) is 5.73 Å². The summed E-state index contributed by atoms with van der Waals surface area (Å²) in [5, 5.41) is 0. The molecule has 2 heterocycles. The van der Waals surface area contributed by atoms with Crippen molar-refractivity contribution in [2.45, 2.75) is 13.8 Å². The second kappa shape index (κ2) is 4.90. The van der Waals surface area contributed by atoms with Gasteiger partial charge in [0.2, 0.25) is 0 Å². The molecule has 0 saturated heterocycles. The zero-order valence-corrected chi connectivity index (χ0v) is 14.3. The lowest BCUT2D eigenvalue weighted by Crippen LogP contribution is -1.98. The lowest BCUT2D eigenvalue weighted by molar-refractivity contribution is 1.09. The van der Waals surface area contributed by atoms with Gasteiger partial charge in [-0.3, -0.25) is 4.40 Å². The predicted octanol–water partition coefficient (Wildman–Crippen LogP) is 4.73. The van der Waals surface area contributed by atoms with Crippen molar-refractivity contribution in [3.63, 3.8) is 0 Å². The number of nitrogen functional groups attached to an aromatic ring is 1. The summed E-state index contributed by atoms with van der Waals surface area (Å²) < 4.78 is 4.04. The van der Waals surface area contributed by atoms with Crippen molar-refractivity contribution in [3.8, 4) is 11.3 Å². The highest BCUT2D eigenvalue weighted by Crippen LogP contribution is 2.31. The summed E-state index contributed by atoms with van der Waals surface area (Å²) >= 11 is 7.08. The van der Waals surface area contributed by atoms with Crippen LogP contribution in [0.5, 0.6) is 0 Å². The summed E-state index contributed by atoms with van der Waals surface area (Å²) in [6, 6.07) is 10.1. The zero-order chi connectivity index (χ0) is 14.4. The fourth-order valence-electron chi connectivity index (χ4n) is 2.24. The Morgan fingerprint density at radius 1 is 1.05 bits per heavy atom. The number of nitrogens with two attached hydrogens (primary N) is 1. The van der Waals surface area contributed by atoms with Crippen LogP contribution in [-0.2, 0) is 0 Å². The zero-order valence-electron chi connectivity index (χ0n) is 11.1. The van der Waals surface area contributed by atoms with E-state index in [4.69, 9.17) is 5.73 Å². The number of hydrogen-bond donors (Lipinski definition) is 1. The number of halogens is 2. The van der Waals surface area contributed by atoms with Crippen molar-refractivity contribution in [3.05, 3.63) is 50.5 Å². The molecule has 0 saturated carbocycles. The molecule has 3 rings (SSSR count). The third-order valence-corrected chi connectivity index (χ3v) is 5.14. The molecule has 1 aromatic carbocycles. The molecule has 0 spiro atoms. The minimum absolute atomic E-state index is 0.662. The lowest BCUT2D eigenvalue weighted by Gasteiger charge is -2.05.